The Hall–Kier alpha value is -4.92. The number of ketones is 1. The Morgan fingerprint density at radius 3 is 2.44 bits per heavy atom. The van der Waals surface area contributed by atoms with Gasteiger partial charge < -0.3 is 15.6 Å². The highest BCUT2D eigenvalue weighted by Gasteiger charge is 2.26. The monoisotopic (exact) mass is 627 g/mol. The topological polar surface area (TPSA) is 189 Å². The van der Waals surface area contributed by atoms with E-state index in [1.807, 2.05) is 6.07 Å². The normalized spacial score (nSPS) is 12.5. The SMILES string of the molecule is Cc1c(C(=O)c2cnn(C)c2O)ccc(S(C)(=O)=O)c1C1=CNOC1.Nc1c([N+](=O)[O-])ccc(Oc2ccccc2)c1Cl. The zero-order valence-corrected chi connectivity index (χ0v) is 24.6. The lowest BCUT2D eigenvalue weighted by Gasteiger charge is -2.15. The molecule has 43 heavy (non-hydrogen) atoms. The minimum Gasteiger partial charge on any atom is -0.493 e. The number of carbonyl (C=O) groups excluding carboxylic acids is 1. The second-order valence-electron chi connectivity index (χ2n) is 9.28. The van der Waals surface area contributed by atoms with Gasteiger partial charge in [-0.05, 0) is 42.8 Å². The van der Waals surface area contributed by atoms with E-state index in [1.54, 1.807) is 37.4 Å². The van der Waals surface area contributed by atoms with Gasteiger partial charge in [-0.1, -0.05) is 29.8 Å². The number of aromatic nitrogens is 2. The number of hydrogen-bond acceptors (Lipinski definition) is 11. The summed E-state index contributed by atoms with van der Waals surface area (Å²) in [4.78, 5) is 28.1. The summed E-state index contributed by atoms with van der Waals surface area (Å²) < 4.78 is 31.0. The van der Waals surface area contributed by atoms with Crippen molar-refractivity contribution in [2.24, 2.45) is 7.05 Å². The summed E-state index contributed by atoms with van der Waals surface area (Å²) in [6.07, 6.45) is 3.96. The van der Waals surface area contributed by atoms with Gasteiger partial charge in [0.05, 0.1) is 16.0 Å². The van der Waals surface area contributed by atoms with Crippen molar-refractivity contribution < 1.29 is 32.8 Å². The molecule has 0 fully saturated rings. The van der Waals surface area contributed by atoms with Crippen molar-refractivity contribution in [3.63, 3.8) is 0 Å². The number of nitrogens with one attached hydrogen (secondary N) is 1. The molecule has 0 bridgehead atoms. The molecule has 0 atom stereocenters. The van der Waals surface area contributed by atoms with Gasteiger partial charge in [0.25, 0.3) is 5.69 Å². The molecule has 0 unspecified atom stereocenters. The number of anilines is 1. The van der Waals surface area contributed by atoms with Crippen LogP contribution >= 0.6 is 11.6 Å². The summed E-state index contributed by atoms with van der Waals surface area (Å²) in [6.45, 7) is 1.85. The fourth-order valence-corrected chi connectivity index (χ4v) is 5.38. The zero-order chi connectivity index (χ0) is 31.5. The van der Waals surface area contributed by atoms with Crippen molar-refractivity contribution in [3.8, 4) is 17.4 Å². The summed E-state index contributed by atoms with van der Waals surface area (Å²) in [6, 6.07) is 14.5. The van der Waals surface area contributed by atoms with Crippen LogP contribution in [-0.2, 0) is 21.7 Å². The highest BCUT2D eigenvalue weighted by Crippen LogP contribution is 2.39. The number of carbonyl (C=O) groups is 1. The molecule has 0 radical (unpaired) electrons. The predicted octanol–water partition coefficient (Wildman–Crippen LogP) is 4.57. The zero-order valence-electron chi connectivity index (χ0n) is 23.1. The molecule has 1 aliphatic rings. The number of ether oxygens (including phenoxy) is 1. The van der Waals surface area contributed by atoms with Crippen LogP contribution < -0.4 is 16.0 Å². The lowest BCUT2D eigenvalue weighted by atomic mass is 9.93. The number of benzene rings is 3. The van der Waals surface area contributed by atoms with Crippen molar-refractivity contribution in [1.29, 1.82) is 0 Å². The van der Waals surface area contributed by atoms with Gasteiger partial charge in [0.2, 0.25) is 5.88 Å². The average Bonchev–Trinajstić information content (AvgIpc) is 3.61. The summed E-state index contributed by atoms with van der Waals surface area (Å²) in [5.41, 5.74) is 9.72. The highest BCUT2D eigenvalue weighted by molar-refractivity contribution is 7.90. The van der Waals surface area contributed by atoms with Crippen LogP contribution in [0.2, 0.25) is 5.02 Å². The molecule has 1 aromatic heterocycles. The summed E-state index contributed by atoms with van der Waals surface area (Å²) in [7, 11) is -1.99. The summed E-state index contributed by atoms with van der Waals surface area (Å²) in [5, 5.41) is 24.5. The fraction of sp³-hybridized carbons (Fsp3) is 0.143. The number of nitrogen functional groups attached to an aromatic ring is 1. The number of para-hydroxylation sites is 1. The number of halogens is 1. The molecule has 0 saturated carbocycles. The van der Waals surface area contributed by atoms with E-state index in [2.05, 4.69) is 10.6 Å². The molecule has 15 heteroatoms. The van der Waals surface area contributed by atoms with Crippen LogP contribution in [0.1, 0.15) is 27.0 Å². The molecule has 0 saturated heterocycles. The van der Waals surface area contributed by atoms with Crippen molar-refractivity contribution in [1.82, 2.24) is 15.3 Å². The van der Waals surface area contributed by atoms with Gasteiger partial charge in [-0.15, -0.1) is 0 Å². The Morgan fingerprint density at radius 2 is 1.88 bits per heavy atom. The number of aromatic hydroxyl groups is 1. The predicted molar refractivity (Wildman–Crippen MR) is 159 cm³/mol. The smallest absolute Gasteiger partial charge is 0.293 e. The number of nitro benzene ring substituents is 1. The van der Waals surface area contributed by atoms with E-state index in [9.17, 15) is 28.4 Å². The number of nitro groups is 1. The largest absolute Gasteiger partial charge is 0.493 e. The van der Waals surface area contributed by atoms with Gasteiger partial charge in [0.15, 0.2) is 15.6 Å². The first kappa shape index (κ1) is 31.0. The van der Waals surface area contributed by atoms with Gasteiger partial charge in [-0.25, -0.2) is 13.1 Å². The molecule has 5 rings (SSSR count). The quantitative estimate of drug-likeness (QED) is 0.113. The molecule has 13 nitrogen and oxygen atoms in total. The molecule has 4 aromatic rings. The average molecular weight is 628 g/mol. The molecular weight excluding hydrogens is 602 g/mol. The molecule has 2 heterocycles. The molecule has 0 amide bonds. The Bertz CT molecular complexity index is 1860. The number of sulfone groups is 1. The molecule has 3 aromatic carbocycles. The molecule has 224 valence electrons. The second-order valence-corrected chi connectivity index (χ2v) is 11.6. The minimum absolute atomic E-state index is 0.0352. The standard InChI is InChI=1S/C16H17N3O5S.C12H9ClN2O3/c1-9-11(15(20)12-7-17-19(2)16(12)21)4-5-13(25(3,22)23)14(9)10-6-18-24-8-10;13-11-10(18-8-4-2-1-3-5-8)7-6-9(12(11)14)15(16)17/h4-7,18,21H,8H2,1-3H3;1-7H,14H2. The number of aryl methyl sites for hydroxylation is 1. The number of hydroxylamine groups is 1. The third kappa shape index (κ3) is 6.61. The first-order valence-electron chi connectivity index (χ1n) is 12.4. The third-order valence-corrected chi connectivity index (χ3v) is 7.91. The summed E-state index contributed by atoms with van der Waals surface area (Å²) in [5.74, 6) is 0.179. The summed E-state index contributed by atoms with van der Waals surface area (Å²) >= 11 is 5.94. The van der Waals surface area contributed by atoms with Crippen LogP contribution in [0.5, 0.6) is 17.4 Å². The van der Waals surface area contributed by atoms with E-state index in [0.29, 0.717) is 28.0 Å². The third-order valence-electron chi connectivity index (χ3n) is 6.38. The number of rotatable bonds is 7. The fourth-order valence-electron chi connectivity index (χ4n) is 4.21. The highest BCUT2D eigenvalue weighted by atomic mass is 35.5. The van der Waals surface area contributed by atoms with Gasteiger partial charge in [-0.2, -0.15) is 5.10 Å². The van der Waals surface area contributed by atoms with Crippen LogP contribution in [0.4, 0.5) is 11.4 Å². The maximum Gasteiger partial charge on any atom is 0.293 e. The van der Waals surface area contributed by atoms with Crippen LogP contribution in [0.15, 0.2) is 71.9 Å². The van der Waals surface area contributed by atoms with E-state index in [4.69, 9.17) is 26.9 Å². The Labute approximate surface area is 251 Å². The Kier molecular flexibility index (Phi) is 9.04. The Balaban J connectivity index is 0.000000208. The van der Waals surface area contributed by atoms with Crippen molar-refractivity contribution >= 4 is 44.2 Å². The Morgan fingerprint density at radius 1 is 1.19 bits per heavy atom. The first-order chi connectivity index (χ1) is 20.3. The van der Waals surface area contributed by atoms with Crippen molar-refractivity contribution in [3.05, 3.63) is 104 Å². The van der Waals surface area contributed by atoms with E-state index < -0.39 is 20.5 Å². The number of hydrogen-bond donors (Lipinski definition) is 3. The molecule has 4 N–H and O–H groups in total. The van der Waals surface area contributed by atoms with E-state index >= 15 is 0 Å². The van der Waals surface area contributed by atoms with E-state index in [0.717, 1.165) is 6.26 Å². The minimum atomic E-state index is -3.51. The van der Waals surface area contributed by atoms with Crippen molar-refractivity contribution in [2.45, 2.75) is 11.8 Å². The molecular formula is C28H26ClN5O8S. The number of nitrogens with two attached hydrogens (primary N) is 1. The molecule has 1 aliphatic heterocycles. The number of nitrogens with zero attached hydrogens (tertiary/aromatic N) is 3. The van der Waals surface area contributed by atoms with Crippen LogP contribution in [0.3, 0.4) is 0 Å². The van der Waals surface area contributed by atoms with Crippen molar-refractivity contribution in [2.75, 3.05) is 18.6 Å². The van der Waals surface area contributed by atoms with Gasteiger partial charge in [-0.3, -0.25) is 25.2 Å². The maximum absolute atomic E-state index is 12.8. The lowest BCUT2D eigenvalue weighted by Crippen LogP contribution is -2.11. The first-order valence-corrected chi connectivity index (χ1v) is 14.7. The van der Waals surface area contributed by atoms with E-state index in [-0.39, 0.29) is 45.1 Å². The second kappa shape index (κ2) is 12.5. The molecule has 0 aliphatic carbocycles. The van der Waals surface area contributed by atoms with Crippen LogP contribution in [0.25, 0.3) is 5.57 Å². The van der Waals surface area contributed by atoms with Gasteiger partial charge in [0, 0.05) is 42.3 Å². The van der Waals surface area contributed by atoms with E-state index in [1.165, 1.54) is 42.2 Å². The maximum atomic E-state index is 12.8. The van der Waals surface area contributed by atoms with Gasteiger partial charge >= 0.3 is 0 Å². The molecule has 0 spiro atoms. The van der Waals surface area contributed by atoms with Gasteiger partial charge in [0.1, 0.15) is 34.4 Å². The lowest BCUT2D eigenvalue weighted by molar-refractivity contribution is -0.383. The van der Waals surface area contributed by atoms with Crippen LogP contribution in [0, 0.1) is 17.0 Å². The van der Waals surface area contributed by atoms with Crippen LogP contribution in [-0.4, -0.2) is 46.9 Å².